The Morgan fingerprint density at radius 3 is 1.47 bits per heavy atom. The van der Waals surface area contributed by atoms with Gasteiger partial charge in [-0.3, -0.25) is 0 Å². The van der Waals surface area contributed by atoms with Crippen molar-refractivity contribution in [2.45, 2.75) is 64.6 Å². The van der Waals surface area contributed by atoms with Crippen molar-refractivity contribution < 1.29 is 10.2 Å². The van der Waals surface area contributed by atoms with Crippen LogP contribution in [0.2, 0.25) is 0 Å². The van der Waals surface area contributed by atoms with Gasteiger partial charge in [0.05, 0.1) is 11.2 Å². The lowest BCUT2D eigenvalue weighted by Gasteiger charge is -2.27. The topological polar surface area (TPSA) is 52.5 Å². The van der Waals surface area contributed by atoms with Crippen LogP contribution in [0.25, 0.3) is 0 Å². The molecule has 0 amide bonds. The number of hydrogen-bond donors (Lipinski definition) is 3. The molecule has 0 bridgehead atoms. The van der Waals surface area contributed by atoms with Gasteiger partial charge in [-0.2, -0.15) is 0 Å². The van der Waals surface area contributed by atoms with E-state index in [1.807, 2.05) is 13.8 Å². The molecule has 0 rings (SSSR count). The fourth-order valence-corrected chi connectivity index (χ4v) is 1.86. The molecule has 0 unspecified atom stereocenters. The highest BCUT2D eigenvalue weighted by atomic mass is 16.3. The molecule has 3 N–H and O–H groups in total. The molecule has 15 heavy (non-hydrogen) atoms. The summed E-state index contributed by atoms with van der Waals surface area (Å²) in [7, 11) is 0. The highest BCUT2D eigenvalue weighted by Gasteiger charge is 2.22. The summed E-state index contributed by atoms with van der Waals surface area (Å²) >= 11 is 0. The minimum atomic E-state index is -0.656. The molecule has 0 saturated carbocycles. The monoisotopic (exact) mass is 217 g/mol. The molecule has 3 nitrogen and oxygen atoms in total. The van der Waals surface area contributed by atoms with Crippen molar-refractivity contribution in [1.82, 2.24) is 5.32 Å². The van der Waals surface area contributed by atoms with E-state index in [-0.39, 0.29) is 0 Å². The zero-order valence-electron chi connectivity index (χ0n) is 10.6. The van der Waals surface area contributed by atoms with Crippen LogP contribution in [0.3, 0.4) is 0 Å². The number of aliphatic hydroxyl groups is 2. The van der Waals surface area contributed by atoms with Crippen LogP contribution >= 0.6 is 0 Å². The second kappa shape index (κ2) is 6.46. The van der Waals surface area contributed by atoms with Gasteiger partial charge in [-0.15, -0.1) is 0 Å². The lowest BCUT2D eigenvalue weighted by atomic mass is 9.98. The number of rotatable bonds is 8. The molecule has 0 aromatic heterocycles. The van der Waals surface area contributed by atoms with E-state index in [1.165, 1.54) is 0 Å². The van der Waals surface area contributed by atoms with Crippen LogP contribution in [-0.4, -0.2) is 34.5 Å². The summed E-state index contributed by atoms with van der Waals surface area (Å²) in [5.41, 5.74) is -1.31. The van der Waals surface area contributed by atoms with Gasteiger partial charge in [0.15, 0.2) is 0 Å². The van der Waals surface area contributed by atoms with E-state index in [1.54, 1.807) is 0 Å². The minimum absolute atomic E-state index is 0.542. The molecule has 2 atom stereocenters. The molecule has 0 radical (unpaired) electrons. The molecule has 0 fully saturated rings. The SMILES string of the molecule is CCC[C@](C)(O)CNC[C@](C)(O)CCC. The van der Waals surface area contributed by atoms with Gasteiger partial charge >= 0.3 is 0 Å². The molecular weight excluding hydrogens is 190 g/mol. The standard InChI is InChI=1S/C12H27NO2/c1-5-7-11(3,14)9-13-10-12(4,15)8-6-2/h13-15H,5-10H2,1-4H3/t11-,12+. The van der Waals surface area contributed by atoms with Gasteiger partial charge in [-0.05, 0) is 26.7 Å². The molecular formula is C12H27NO2. The zero-order valence-corrected chi connectivity index (χ0v) is 10.6. The maximum absolute atomic E-state index is 9.90. The Morgan fingerprint density at radius 2 is 1.20 bits per heavy atom. The average Bonchev–Trinajstić information content (AvgIpc) is 2.02. The van der Waals surface area contributed by atoms with Gasteiger partial charge in [0.1, 0.15) is 0 Å². The second-order valence-electron chi connectivity index (χ2n) is 5.10. The lowest BCUT2D eigenvalue weighted by Crippen LogP contribution is -2.44. The zero-order chi connectivity index (χ0) is 11.9. The second-order valence-corrected chi connectivity index (χ2v) is 5.10. The van der Waals surface area contributed by atoms with Crippen molar-refractivity contribution in [3.05, 3.63) is 0 Å². The van der Waals surface area contributed by atoms with Crippen LogP contribution in [-0.2, 0) is 0 Å². The van der Waals surface area contributed by atoms with E-state index in [4.69, 9.17) is 0 Å². The van der Waals surface area contributed by atoms with Crippen molar-refractivity contribution in [1.29, 1.82) is 0 Å². The van der Waals surface area contributed by atoms with Crippen LogP contribution in [0.5, 0.6) is 0 Å². The van der Waals surface area contributed by atoms with Crippen molar-refractivity contribution >= 4 is 0 Å². The van der Waals surface area contributed by atoms with E-state index in [9.17, 15) is 10.2 Å². The maximum Gasteiger partial charge on any atom is 0.0743 e. The molecule has 0 aliphatic rings. The van der Waals surface area contributed by atoms with Crippen LogP contribution in [0.1, 0.15) is 53.4 Å². The summed E-state index contributed by atoms with van der Waals surface area (Å²) in [6, 6.07) is 0. The number of nitrogens with one attached hydrogen (secondary N) is 1. The van der Waals surface area contributed by atoms with Crippen molar-refractivity contribution in [2.24, 2.45) is 0 Å². The highest BCUT2D eigenvalue weighted by molar-refractivity contribution is 4.79. The van der Waals surface area contributed by atoms with Crippen LogP contribution in [0.4, 0.5) is 0 Å². The van der Waals surface area contributed by atoms with Crippen molar-refractivity contribution in [3.8, 4) is 0 Å². The van der Waals surface area contributed by atoms with Gasteiger partial charge in [-0.25, -0.2) is 0 Å². The molecule has 0 aliphatic heterocycles. The molecule has 0 saturated heterocycles. The average molecular weight is 217 g/mol. The fourth-order valence-electron chi connectivity index (χ4n) is 1.86. The first-order valence-electron chi connectivity index (χ1n) is 5.98. The Hall–Kier alpha value is -0.120. The number of hydrogen-bond acceptors (Lipinski definition) is 3. The van der Waals surface area contributed by atoms with Gasteiger partial charge in [0.2, 0.25) is 0 Å². The van der Waals surface area contributed by atoms with Crippen LogP contribution < -0.4 is 5.32 Å². The third-order valence-corrected chi connectivity index (χ3v) is 2.59. The van der Waals surface area contributed by atoms with E-state index in [2.05, 4.69) is 19.2 Å². The largest absolute Gasteiger partial charge is 0.389 e. The molecule has 0 aromatic rings. The first-order valence-corrected chi connectivity index (χ1v) is 5.98. The highest BCUT2D eigenvalue weighted by Crippen LogP contribution is 2.13. The van der Waals surface area contributed by atoms with Crippen molar-refractivity contribution in [2.75, 3.05) is 13.1 Å². The summed E-state index contributed by atoms with van der Waals surface area (Å²) in [5.74, 6) is 0. The van der Waals surface area contributed by atoms with E-state index >= 15 is 0 Å². The van der Waals surface area contributed by atoms with Crippen LogP contribution in [0.15, 0.2) is 0 Å². The Bertz CT molecular complexity index is 149. The molecule has 92 valence electrons. The van der Waals surface area contributed by atoms with Gasteiger partial charge in [0, 0.05) is 13.1 Å². The lowest BCUT2D eigenvalue weighted by molar-refractivity contribution is 0.0248. The fraction of sp³-hybridized carbons (Fsp3) is 1.00. The minimum Gasteiger partial charge on any atom is -0.389 e. The molecule has 0 aliphatic carbocycles. The maximum atomic E-state index is 9.90. The molecule has 0 aromatic carbocycles. The van der Waals surface area contributed by atoms with Crippen molar-refractivity contribution in [3.63, 3.8) is 0 Å². The predicted octanol–water partition coefficient (Wildman–Crippen LogP) is 1.68. The predicted molar refractivity (Wildman–Crippen MR) is 63.9 cm³/mol. The van der Waals surface area contributed by atoms with Gasteiger partial charge < -0.3 is 15.5 Å². The summed E-state index contributed by atoms with van der Waals surface area (Å²) in [6.07, 6.45) is 3.52. The quantitative estimate of drug-likeness (QED) is 0.580. The first-order chi connectivity index (χ1) is 6.83. The van der Waals surface area contributed by atoms with Gasteiger partial charge in [-0.1, -0.05) is 26.7 Å². The third kappa shape index (κ3) is 7.77. The summed E-state index contributed by atoms with van der Waals surface area (Å²) in [5, 5.41) is 22.9. The smallest absolute Gasteiger partial charge is 0.0743 e. The van der Waals surface area contributed by atoms with Gasteiger partial charge in [0.25, 0.3) is 0 Å². The Kier molecular flexibility index (Phi) is 6.41. The van der Waals surface area contributed by atoms with E-state index < -0.39 is 11.2 Å². The Labute approximate surface area is 93.9 Å². The first kappa shape index (κ1) is 14.9. The third-order valence-electron chi connectivity index (χ3n) is 2.59. The normalized spacial score (nSPS) is 19.6. The Balaban J connectivity index is 3.77. The molecule has 0 heterocycles. The summed E-state index contributed by atoms with van der Waals surface area (Å²) < 4.78 is 0. The van der Waals surface area contributed by atoms with Crippen LogP contribution in [0, 0.1) is 0 Å². The molecule has 0 spiro atoms. The summed E-state index contributed by atoms with van der Waals surface area (Å²) in [4.78, 5) is 0. The van der Waals surface area contributed by atoms with E-state index in [0.717, 1.165) is 25.7 Å². The Morgan fingerprint density at radius 1 is 0.867 bits per heavy atom. The molecule has 3 heteroatoms. The summed E-state index contributed by atoms with van der Waals surface area (Å²) in [6.45, 7) is 8.86. The van der Waals surface area contributed by atoms with E-state index in [0.29, 0.717) is 13.1 Å².